The summed E-state index contributed by atoms with van der Waals surface area (Å²) in [6.45, 7) is -0.0183. The molecule has 10 heteroatoms. The number of ether oxygens (including phenoxy) is 1. The van der Waals surface area contributed by atoms with Gasteiger partial charge in [-0.05, 0) is 39.7 Å². The molecule has 192 valence electrons. The molecule has 0 radical (unpaired) electrons. The molecule has 2 aromatic carbocycles. The zero-order valence-corrected chi connectivity index (χ0v) is 21.6. The topological polar surface area (TPSA) is 113 Å². The highest BCUT2D eigenvalue weighted by Gasteiger charge is 2.45. The SMILES string of the molecule is O=C1C=C(Br)C(=O)C2=C1[C@@H](c1ccccc1OCCO)C1=CCn3c(=O)n(-c4ccccc4)c(=O)n3[C@@H]1C2. The van der Waals surface area contributed by atoms with Crippen molar-refractivity contribution in [2.45, 2.75) is 24.9 Å². The van der Waals surface area contributed by atoms with Gasteiger partial charge in [0.05, 0.1) is 29.4 Å². The summed E-state index contributed by atoms with van der Waals surface area (Å²) in [7, 11) is 0. The minimum Gasteiger partial charge on any atom is -0.491 e. The van der Waals surface area contributed by atoms with Crippen molar-refractivity contribution >= 4 is 27.5 Å². The van der Waals surface area contributed by atoms with Gasteiger partial charge in [0.15, 0.2) is 11.6 Å². The monoisotopic (exact) mass is 575 g/mol. The Balaban J connectivity index is 1.58. The maximum Gasteiger partial charge on any atom is 0.352 e. The third-order valence-corrected chi connectivity index (χ3v) is 7.78. The zero-order chi connectivity index (χ0) is 26.6. The van der Waals surface area contributed by atoms with Crippen molar-refractivity contribution in [3.05, 3.63) is 114 Å². The standard InChI is InChI=1S/C28H22BrN3O6/c29-20-15-22(34)25-19(26(20)35)14-21-17(24(25)18-8-4-5-9-23(18)38-13-12-33)10-11-30-27(36)31(28(37)32(21)30)16-6-2-1-3-7-16/h1-10,15,21,24,33H,11-14H2/t21-,24-/m1/s1. The number of rotatable bonds is 5. The van der Waals surface area contributed by atoms with Gasteiger partial charge >= 0.3 is 11.4 Å². The lowest BCUT2D eigenvalue weighted by molar-refractivity contribution is -0.115. The number of hydrogen-bond donors (Lipinski definition) is 1. The number of benzene rings is 2. The van der Waals surface area contributed by atoms with Crippen molar-refractivity contribution < 1.29 is 19.4 Å². The van der Waals surface area contributed by atoms with Gasteiger partial charge in [0.25, 0.3) is 0 Å². The minimum atomic E-state index is -0.678. The van der Waals surface area contributed by atoms with Crippen LogP contribution in [0.25, 0.3) is 5.69 Å². The number of ketones is 2. The van der Waals surface area contributed by atoms with Crippen LogP contribution in [-0.2, 0) is 16.1 Å². The molecule has 3 aliphatic rings. The van der Waals surface area contributed by atoms with Crippen LogP contribution < -0.4 is 16.1 Å². The van der Waals surface area contributed by atoms with Crippen LogP contribution in [0.4, 0.5) is 0 Å². The lowest BCUT2D eigenvalue weighted by atomic mass is 9.68. The molecule has 0 bridgehead atoms. The summed E-state index contributed by atoms with van der Waals surface area (Å²) in [6.07, 6.45) is 3.23. The largest absolute Gasteiger partial charge is 0.491 e. The Morgan fingerprint density at radius 2 is 1.71 bits per heavy atom. The van der Waals surface area contributed by atoms with E-state index in [1.54, 1.807) is 42.5 Å². The molecule has 0 amide bonds. The highest BCUT2D eigenvalue weighted by Crippen LogP contribution is 2.51. The first kappa shape index (κ1) is 24.3. The number of aliphatic hydroxyl groups excluding tert-OH is 1. The molecule has 2 heterocycles. The van der Waals surface area contributed by atoms with Gasteiger partial charge in [0, 0.05) is 35.1 Å². The molecule has 2 aliphatic carbocycles. The third-order valence-electron chi connectivity index (χ3n) is 7.19. The fourth-order valence-electron chi connectivity index (χ4n) is 5.64. The Kier molecular flexibility index (Phi) is 6.00. The Hall–Kier alpha value is -4.02. The van der Waals surface area contributed by atoms with E-state index in [2.05, 4.69) is 15.9 Å². The third kappa shape index (κ3) is 3.63. The van der Waals surface area contributed by atoms with E-state index in [-0.39, 0.29) is 42.2 Å². The Labute approximate surface area is 224 Å². The summed E-state index contributed by atoms with van der Waals surface area (Å²) in [4.78, 5) is 53.8. The lowest BCUT2D eigenvalue weighted by Crippen LogP contribution is -2.40. The Bertz CT molecular complexity index is 1710. The van der Waals surface area contributed by atoms with E-state index in [1.165, 1.54) is 15.4 Å². The first-order valence-corrected chi connectivity index (χ1v) is 12.9. The van der Waals surface area contributed by atoms with Gasteiger partial charge in [-0.15, -0.1) is 0 Å². The molecule has 1 aromatic heterocycles. The molecule has 6 rings (SSSR count). The minimum absolute atomic E-state index is 0.0510. The Morgan fingerprint density at radius 3 is 2.47 bits per heavy atom. The molecular weight excluding hydrogens is 554 g/mol. The maximum absolute atomic E-state index is 13.7. The van der Waals surface area contributed by atoms with E-state index in [4.69, 9.17) is 4.74 Å². The number of nitrogens with zero attached hydrogens (tertiary/aromatic N) is 3. The molecule has 9 nitrogen and oxygen atoms in total. The van der Waals surface area contributed by atoms with Gasteiger partial charge in [-0.25, -0.2) is 23.5 Å². The fourth-order valence-corrected chi connectivity index (χ4v) is 6.09. The molecule has 2 atom stereocenters. The van der Waals surface area contributed by atoms with E-state index in [1.807, 2.05) is 18.2 Å². The molecule has 0 saturated heterocycles. The number of fused-ring (bicyclic) bond motifs is 3. The number of aromatic nitrogens is 3. The van der Waals surface area contributed by atoms with Gasteiger partial charge in [0.2, 0.25) is 0 Å². The summed E-state index contributed by atoms with van der Waals surface area (Å²) in [6, 6.07) is 15.2. The number of halogens is 1. The fraction of sp³-hybridized carbons (Fsp3) is 0.214. The van der Waals surface area contributed by atoms with E-state index >= 15 is 0 Å². The molecule has 1 N–H and O–H groups in total. The molecular formula is C28H22BrN3O6. The van der Waals surface area contributed by atoms with Crippen LogP contribution in [0, 0.1) is 0 Å². The summed E-state index contributed by atoms with van der Waals surface area (Å²) >= 11 is 3.22. The van der Waals surface area contributed by atoms with E-state index in [0.717, 1.165) is 10.1 Å². The van der Waals surface area contributed by atoms with Crippen LogP contribution in [0.15, 0.2) is 97.5 Å². The second-order valence-corrected chi connectivity index (χ2v) is 10.1. The average molecular weight is 576 g/mol. The highest BCUT2D eigenvalue weighted by molar-refractivity contribution is 9.12. The van der Waals surface area contributed by atoms with Crippen LogP contribution >= 0.6 is 15.9 Å². The first-order valence-electron chi connectivity index (χ1n) is 12.1. The van der Waals surface area contributed by atoms with Crippen molar-refractivity contribution in [1.82, 2.24) is 13.9 Å². The molecule has 3 aromatic rings. The van der Waals surface area contributed by atoms with Crippen molar-refractivity contribution in [2.24, 2.45) is 0 Å². The summed E-state index contributed by atoms with van der Waals surface area (Å²) in [5.41, 5.74) is 1.47. The number of Topliss-reactive ketones (excluding diaryl/α,β-unsaturated/α-hetero) is 1. The number of hydrogen-bond acceptors (Lipinski definition) is 6. The number of aliphatic hydroxyl groups is 1. The quantitative estimate of drug-likeness (QED) is 0.369. The molecule has 0 saturated carbocycles. The van der Waals surface area contributed by atoms with Crippen molar-refractivity contribution in [1.29, 1.82) is 0 Å². The summed E-state index contributed by atoms with van der Waals surface area (Å²) in [5, 5.41) is 9.34. The lowest BCUT2D eigenvalue weighted by Gasteiger charge is -2.39. The zero-order valence-electron chi connectivity index (χ0n) is 20.0. The summed E-state index contributed by atoms with van der Waals surface area (Å²) < 4.78 is 9.86. The molecule has 0 unspecified atom stereocenters. The molecule has 0 fully saturated rings. The average Bonchev–Trinajstić information content (AvgIpc) is 3.19. The van der Waals surface area contributed by atoms with Crippen LogP contribution in [0.3, 0.4) is 0 Å². The smallest absolute Gasteiger partial charge is 0.352 e. The maximum atomic E-state index is 13.7. The van der Waals surface area contributed by atoms with Crippen LogP contribution in [0.1, 0.15) is 23.9 Å². The van der Waals surface area contributed by atoms with Crippen LogP contribution in [0.2, 0.25) is 0 Å². The van der Waals surface area contributed by atoms with Crippen LogP contribution in [0.5, 0.6) is 5.75 Å². The molecule has 0 spiro atoms. The van der Waals surface area contributed by atoms with Gasteiger partial charge in [-0.3, -0.25) is 9.59 Å². The van der Waals surface area contributed by atoms with E-state index < -0.39 is 23.3 Å². The van der Waals surface area contributed by atoms with Gasteiger partial charge in [-0.2, -0.15) is 0 Å². The second kappa shape index (κ2) is 9.38. The van der Waals surface area contributed by atoms with E-state index in [9.17, 15) is 24.3 Å². The predicted octanol–water partition coefficient (Wildman–Crippen LogP) is 2.57. The van der Waals surface area contributed by atoms with Gasteiger partial charge in [0.1, 0.15) is 12.4 Å². The number of allylic oxidation sites excluding steroid dienone is 6. The highest BCUT2D eigenvalue weighted by atomic mass is 79.9. The number of carbonyl (C=O) groups is 2. The molecule has 1 aliphatic heterocycles. The van der Waals surface area contributed by atoms with Gasteiger partial charge < -0.3 is 9.84 Å². The number of para-hydroxylation sites is 2. The van der Waals surface area contributed by atoms with E-state index in [0.29, 0.717) is 28.1 Å². The number of carbonyl (C=O) groups excluding carboxylic acids is 2. The van der Waals surface area contributed by atoms with Crippen molar-refractivity contribution in [3.8, 4) is 11.4 Å². The Morgan fingerprint density at radius 1 is 0.974 bits per heavy atom. The predicted molar refractivity (Wildman–Crippen MR) is 142 cm³/mol. The van der Waals surface area contributed by atoms with Crippen molar-refractivity contribution in [2.75, 3.05) is 13.2 Å². The first-order chi connectivity index (χ1) is 18.4. The van der Waals surface area contributed by atoms with Gasteiger partial charge in [-0.1, -0.05) is 42.5 Å². The normalized spacial score (nSPS) is 20.4. The van der Waals surface area contributed by atoms with Crippen molar-refractivity contribution in [3.63, 3.8) is 0 Å². The van der Waals surface area contributed by atoms with Crippen LogP contribution in [-0.4, -0.2) is 43.8 Å². The summed E-state index contributed by atoms with van der Waals surface area (Å²) in [5.74, 6) is -0.842. The second-order valence-electron chi connectivity index (χ2n) is 9.21. The molecule has 38 heavy (non-hydrogen) atoms.